The topological polar surface area (TPSA) is 277 Å². The van der Waals surface area contributed by atoms with E-state index in [-0.39, 0.29) is 43.3 Å². The van der Waals surface area contributed by atoms with Crippen molar-refractivity contribution < 1.29 is 63.8 Å². The maximum atomic E-state index is 12.7. The molecule has 0 aliphatic heterocycles. The molecule has 0 fully saturated rings. The number of nitrogen functional groups attached to an aromatic ring is 2. The fraction of sp³-hybridized carbons (Fsp3) is 0.178. The number of halogens is 9. The van der Waals surface area contributed by atoms with Crippen LogP contribution in [0.5, 0.6) is 0 Å². The molecule has 0 saturated heterocycles. The van der Waals surface area contributed by atoms with E-state index in [1.165, 1.54) is 36.4 Å². The molecule has 0 aliphatic carbocycles. The van der Waals surface area contributed by atoms with Crippen LogP contribution in [0.3, 0.4) is 0 Å². The van der Waals surface area contributed by atoms with Gasteiger partial charge in [-0.15, -0.1) is 0 Å². The van der Waals surface area contributed by atoms with Crippen LogP contribution in [0.25, 0.3) is 11.0 Å². The Morgan fingerprint density at radius 1 is 0.638 bits per heavy atom. The Kier molecular flexibility index (Phi) is 22.2. The Balaban J connectivity index is 0.000000322. The summed E-state index contributed by atoms with van der Waals surface area (Å²) in [5.74, 6) is -1.81. The van der Waals surface area contributed by atoms with Crippen LogP contribution in [-0.2, 0) is 47.8 Å². The van der Waals surface area contributed by atoms with Gasteiger partial charge in [-0.3, -0.25) is 19.2 Å². The number of amides is 2. The zero-order valence-electron chi connectivity index (χ0n) is 35.5. The number of nitrogens with zero attached hydrogens (tertiary/aromatic N) is 5. The van der Waals surface area contributed by atoms with E-state index in [9.17, 15) is 58.7 Å². The molecule has 9 N–H and O–H groups in total. The number of hydrogen-bond donors (Lipinski definition) is 6. The van der Waals surface area contributed by atoms with Gasteiger partial charge in [-0.1, -0.05) is 42.5 Å². The van der Waals surface area contributed by atoms with E-state index in [4.69, 9.17) is 32.8 Å². The molecule has 0 unspecified atom stereocenters. The lowest BCUT2D eigenvalue weighted by Crippen LogP contribution is -2.24. The van der Waals surface area contributed by atoms with Gasteiger partial charge in [0.05, 0.1) is 40.0 Å². The molecule has 3 heterocycles. The predicted molar refractivity (Wildman–Crippen MR) is 231 cm³/mol. The third kappa shape index (κ3) is 20.6. The number of anilines is 2. The Morgan fingerprint density at radius 2 is 1.12 bits per heavy atom. The number of carboxylic acids is 1. The number of carboxylic acid groups (broad SMARTS) is 1. The molecule has 0 aliphatic rings. The van der Waals surface area contributed by atoms with Crippen LogP contribution in [0.15, 0.2) is 116 Å². The van der Waals surface area contributed by atoms with Crippen LogP contribution in [-0.4, -0.2) is 44.1 Å². The second-order valence-corrected chi connectivity index (χ2v) is 13.4. The van der Waals surface area contributed by atoms with Crippen molar-refractivity contribution in [3.8, 4) is 12.1 Å². The normalized spacial score (nSPS) is 10.6. The second kappa shape index (κ2) is 27.1. The Morgan fingerprint density at radius 3 is 1.55 bits per heavy atom. The molecule has 362 valence electrons. The Labute approximate surface area is 386 Å². The molecule has 6 aromatic rings. The highest BCUT2D eigenvalue weighted by Crippen LogP contribution is 2.31. The van der Waals surface area contributed by atoms with Crippen LogP contribution < -0.4 is 27.8 Å². The average Bonchev–Trinajstić information content (AvgIpc) is 3.30. The van der Waals surface area contributed by atoms with Crippen LogP contribution in [0.1, 0.15) is 66.9 Å². The number of nitriles is 2. The second-order valence-electron chi connectivity index (χ2n) is 13.4. The SMILES string of the molecule is N#CCC(=O)NCc1cccc(C(F)(F)F)c1.N#CCC(=O)O.NCc1cccc(C(F)(F)F)c1.Nc1nc2ncccc2cc1C(=O)NCc1cccc(C(F)(F)F)c1.Nc1ncccc1C=O. The van der Waals surface area contributed by atoms with E-state index in [1.54, 1.807) is 54.9 Å². The summed E-state index contributed by atoms with van der Waals surface area (Å²) in [5.41, 5.74) is 16.2. The number of nitrogens with one attached hydrogen (secondary N) is 2. The highest BCUT2D eigenvalue weighted by atomic mass is 19.4. The fourth-order valence-electron chi connectivity index (χ4n) is 5.00. The first-order valence-corrected chi connectivity index (χ1v) is 19.3. The van der Waals surface area contributed by atoms with Gasteiger partial charge in [0.2, 0.25) is 5.91 Å². The van der Waals surface area contributed by atoms with Gasteiger partial charge in [-0.2, -0.15) is 50.0 Å². The lowest BCUT2D eigenvalue weighted by Gasteiger charge is -2.10. The minimum absolute atomic E-state index is 0.00717. The maximum absolute atomic E-state index is 12.7. The summed E-state index contributed by atoms with van der Waals surface area (Å²) < 4.78 is 111. The largest absolute Gasteiger partial charge is 0.480 e. The molecular weight excluding hydrogens is 932 g/mol. The van der Waals surface area contributed by atoms with E-state index < -0.39 is 59.4 Å². The van der Waals surface area contributed by atoms with E-state index in [1.807, 2.05) is 0 Å². The first-order chi connectivity index (χ1) is 32.4. The quantitative estimate of drug-likeness (QED) is 0.0592. The van der Waals surface area contributed by atoms with E-state index in [0.717, 1.165) is 36.4 Å². The van der Waals surface area contributed by atoms with Gasteiger partial charge in [-0.05, 0) is 77.4 Å². The molecule has 2 amide bonds. The van der Waals surface area contributed by atoms with Gasteiger partial charge < -0.3 is 32.9 Å². The molecular formula is C45H39F9N10O5. The summed E-state index contributed by atoms with van der Waals surface area (Å²) in [6, 6.07) is 25.8. The van der Waals surface area contributed by atoms with Gasteiger partial charge >= 0.3 is 24.5 Å². The molecule has 6 rings (SSSR count). The summed E-state index contributed by atoms with van der Waals surface area (Å²) in [4.78, 5) is 54.5. The van der Waals surface area contributed by atoms with Gasteiger partial charge in [0.25, 0.3) is 5.91 Å². The molecule has 0 radical (unpaired) electrons. The number of hydrogen-bond acceptors (Lipinski definition) is 12. The van der Waals surface area contributed by atoms with Crippen LogP contribution >= 0.6 is 0 Å². The van der Waals surface area contributed by atoms with Crippen LogP contribution in [0, 0.1) is 22.7 Å². The minimum Gasteiger partial charge on any atom is -0.480 e. The number of benzene rings is 3. The number of fused-ring (bicyclic) bond motifs is 1. The van der Waals surface area contributed by atoms with Crippen molar-refractivity contribution in [2.24, 2.45) is 5.73 Å². The number of carbonyl (C=O) groups excluding carboxylic acids is 3. The third-order valence-electron chi connectivity index (χ3n) is 8.27. The average molecular weight is 971 g/mol. The molecule has 0 bridgehead atoms. The number of pyridine rings is 3. The zero-order valence-corrected chi connectivity index (χ0v) is 35.5. The van der Waals surface area contributed by atoms with Gasteiger partial charge in [-0.25, -0.2) is 15.0 Å². The van der Waals surface area contributed by atoms with Crippen molar-refractivity contribution >= 4 is 46.7 Å². The molecule has 0 atom stereocenters. The first kappa shape index (κ1) is 56.5. The number of aldehydes is 1. The summed E-state index contributed by atoms with van der Waals surface area (Å²) in [5, 5.41) is 29.1. The lowest BCUT2D eigenvalue weighted by atomic mass is 10.1. The number of aromatic nitrogens is 3. The number of carbonyl (C=O) groups is 4. The van der Waals surface area contributed by atoms with Crippen LogP contribution in [0.2, 0.25) is 0 Å². The Hall–Kier alpha value is -8.64. The van der Waals surface area contributed by atoms with Gasteiger partial charge in [0.1, 0.15) is 24.5 Å². The van der Waals surface area contributed by atoms with Crippen molar-refractivity contribution in [3.63, 3.8) is 0 Å². The molecule has 24 heteroatoms. The lowest BCUT2D eigenvalue weighted by molar-refractivity contribution is -0.138. The highest BCUT2D eigenvalue weighted by Gasteiger charge is 2.32. The first-order valence-electron chi connectivity index (χ1n) is 19.3. The summed E-state index contributed by atoms with van der Waals surface area (Å²) in [6.45, 7) is 0.0433. The molecule has 0 saturated carbocycles. The summed E-state index contributed by atoms with van der Waals surface area (Å²) >= 11 is 0. The maximum Gasteiger partial charge on any atom is 0.416 e. The summed E-state index contributed by atoms with van der Waals surface area (Å²) in [7, 11) is 0. The smallest absolute Gasteiger partial charge is 0.416 e. The van der Waals surface area contributed by atoms with Crippen molar-refractivity contribution in [1.29, 1.82) is 10.5 Å². The van der Waals surface area contributed by atoms with Crippen molar-refractivity contribution in [2.45, 2.75) is 51.0 Å². The van der Waals surface area contributed by atoms with E-state index in [0.29, 0.717) is 39.6 Å². The van der Waals surface area contributed by atoms with Crippen molar-refractivity contribution in [1.82, 2.24) is 25.6 Å². The Bertz CT molecular complexity index is 2760. The van der Waals surface area contributed by atoms with Gasteiger partial charge in [0, 0.05) is 37.4 Å². The number of nitrogens with two attached hydrogens (primary N) is 3. The monoisotopic (exact) mass is 970 g/mol. The molecule has 0 spiro atoms. The standard InChI is InChI=1S/C17H13F3N4O.C11H9F3N2O.C8H8F3N.C6H6N2O.C3H3NO2/c18-17(19,20)12-5-1-3-10(7-12)9-23-16(25)13-8-11-4-2-6-22-15(11)24-14(13)21;12-11(13,14)9-3-1-2-8(6-9)7-16-10(17)4-5-15;9-8(10,11)7-3-1-2-6(4-7)5-12;7-6-5(4-9)2-1-3-8-6;4-2-1-3(5)6/h1-8H,9H2,(H,23,25)(H2,21,22,24);1-3,6H,4,7H2,(H,16,17);1-4H,5,12H2;1-4H,(H2,7,8);1H2,(H,5,6). The van der Waals surface area contributed by atoms with Crippen LogP contribution in [0.4, 0.5) is 51.1 Å². The van der Waals surface area contributed by atoms with Gasteiger partial charge in [0.15, 0.2) is 11.9 Å². The number of rotatable bonds is 9. The number of aliphatic carboxylic acids is 1. The van der Waals surface area contributed by atoms with Crippen molar-refractivity contribution in [3.05, 3.63) is 160 Å². The minimum atomic E-state index is -4.43. The van der Waals surface area contributed by atoms with E-state index >= 15 is 0 Å². The molecule has 69 heavy (non-hydrogen) atoms. The predicted octanol–water partition coefficient (Wildman–Crippen LogP) is 8.02. The zero-order chi connectivity index (χ0) is 51.8. The third-order valence-corrected chi connectivity index (χ3v) is 8.27. The molecule has 3 aromatic heterocycles. The van der Waals surface area contributed by atoms with Crippen molar-refractivity contribution in [2.75, 3.05) is 11.5 Å². The van der Waals surface area contributed by atoms with E-state index in [2.05, 4.69) is 25.6 Å². The highest BCUT2D eigenvalue weighted by molar-refractivity contribution is 6.01. The molecule has 3 aromatic carbocycles. The summed E-state index contributed by atoms with van der Waals surface area (Å²) in [6.07, 6.45) is -10.0. The molecule has 15 nitrogen and oxygen atoms in total. The fourth-order valence-corrected chi connectivity index (χ4v) is 5.00. The number of alkyl halides is 9.